The molecule has 1 saturated carbocycles. The number of nitrogens with one attached hydrogen (secondary N) is 2. The van der Waals surface area contributed by atoms with Crippen LogP contribution in [0.3, 0.4) is 0 Å². The topological polar surface area (TPSA) is 24.1 Å². The minimum atomic E-state index is 0.610. The Balaban J connectivity index is 1.47. The Morgan fingerprint density at radius 3 is 2.76 bits per heavy atom. The molecule has 2 heteroatoms. The van der Waals surface area contributed by atoms with Gasteiger partial charge in [-0.3, -0.25) is 0 Å². The second-order valence-corrected chi connectivity index (χ2v) is 5.68. The fourth-order valence-electron chi connectivity index (χ4n) is 2.79. The van der Waals surface area contributed by atoms with Gasteiger partial charge in [0, 0.05) is 19.1 Å². The first-order chi connectivity index (χ1) is 8.33. The fourth-order valence-corrected chi connectivity index (χ4v) is 2.79. The van der Waals surface area contributed by atoms with Crippen LogP contribution in [-0.2, 0) is 13.0 Å². The Morgan fingerprint density at radius 2 is 2.00 bits per heavy atom. The summed E-state index contributed by atoms with van der Waals surface area (Å²) in [5, 5.41) is 7.23. The molecule has 0 radical (unpaired) electrons. The molecule has 2 N–H and O–H groups in total. The number of hydrogen-bond donors (Lipinski definition) is 2. The quantitative estimate of drug-likeness (QED) is 0.826. The summed E-state index contributed by atoms with van der Waals surface area (Å²) in [5.41, 5.74) is 3.00. The molecule has 3 atom stereocenters. The van der Waals surface area contributed by atoms with E-state index >= 15 is 0 Å². The monoisotopic (exact) mass is 230 g/mol. The van der Waals surface area contributed by atoms with Gasteiger partial charge < -0.3 is 10.6 Å². The van der Waals surface area contributed by atoms with Gasteiger partial charge in [0.2, 0.25) is 0 Å². The third-order valence-electron chi connectivity index (χ3n) is 4.24. The number of fused-ring (bicyclic) bond motifs is 1. The molecular weight excluding hydrogens is 208 g/mol. The molecule has 92 valence electrons. The summed E-state index contributed by atoms with van der Waals surface area (Å²) in [6, 6.07) is 9.40. The largest absolute Gasteiger partial charge is 0.315 e. The van der Waals surface area contributed by atoms with E-state index in [4.69, 9.17) is 0 Å². The molecule has 1 aliphatic heterocycles. The van der Waals surface area contributed by atoms with Crippen molar-refractivity contribution in [3.63, 3.8) is 0 Å². The van der Waals surface area contributed by atoms with Gasteiger partial charge in [0.1, 0.15) is 0 Å². The van der Waals surface area contributed by atoms with Crippen molar-refractivity contribution >= 4 is 0 Å². The van der Waals surface area contributed by atoms with E-state index in [1.165, 1.54) is 30.5 Å². The van der Waals surface area contributed by atoms with Crippen molar-refractivity contribution in [1.82, 2.24) is 10.6 Å². The van der Waals surface area contributed by atoms with Crippen LogP contribution in [-0.4, -0.2) is 19.1 Å². The van der Waals surface area contributed by atoms with Crippen LogP contribution in [0.2, 0.25) is 0 Å². The zero-order valence-electron chi connectivity index (χ0n) is 10.6. The molecule has 0 aromatic heterocycles. The highest BCUT2D eigenvalue weighted by molar-refractivity contribution is 5.29. The van der Waals surface area contributed by atoms with Gasteiger partial charge in [-0.05, 0) is 42.3 Å². The van der Waals surface area contributed by atoms with Gasteiger partial charge in [0.25, 0.3) is 0 Å². The maximum atomic E-state index is 3.62. The Hall–Kier alpha value is -0.860. The standard InChI is InChI=1S/C15H22N2/c1-11-6-14(11)8-16-10-15-7-12-4-2-3-5-13(12)9-17-15/h2-5,11,14-17H,6-10H2,1H3. The van der Waals surface area contributed by atoms with E-state index in [9.17, 15) is 0 Å². The van der Waals surface area contributed by atoms with Gasteiger partial charge in [-0.15, -0.1) is 0 Å². The molecular formula is C15H22N2. The van der Waals surface area contributed by atoms with Crippen LogP contribution >= 0.6 is 0 Å². The summed E-state index contributed by atoms with van der Waals surface area (Å²) in [7, 11) is 0. The summed E-state index contributed by atoms with van der Waals surface area (Å²) in [5.74, 6) is 1.91. The summed E-state index contributed by atoms with van der Waals surface area (Å²) >= 11 is 0. The third-order valence-corrected chi connectivity index (χ3v) is 4.24. The molecule has 0 saturated heterocycles. The summed E-state index contributed by atoms with van der Waals surface area (Å²) in [6.45, 7) is 5.70. The predicted octanol–water partition coefficient (Wildman–Crippen LogP) is 1.95. The van der Waals surface area contributed by atoms with Crippen molar-refractivity contribution in [2.45, 2.75) is 32.4 Å². The van der Waals surface area contributed by atoms with Gasteiger partial charge in [-0.25, -0.2) is 0 Å². The molecule has 1 heterocycles. The zero-order valence-corrected chi connectivity index (χ0v) is 10.6. The van der Waals surface area contributed by atoms with E-state index < -0.39 is 0 Å². The first-order valence-corrected chi connectivity index (χ1v) is 6.84. The second kappa shape index (κ2) is 4.79. The van der Waals surface area contributed by atoms with E-state index in [2.05, 4.69) is 41.8 Å². The van der Waals surface area contributed by atoms with Crippen molar-refractivity contribution < 1.29 is 0 Å². The van der Waals surface area contributed by atoms with E-state index in [0.717, 1.165) is 24.9 Å². The lowest BCUT2D eigenvalue weighted by molar-refractivity contribution is 0.441. The number of rotatable bonds is 4. The molecule has 3 rings (SSSR count). The van der Waals surface area contributed by atoms with Crippen LogP contribution in [0.1, 0.15) is 24.5 Å². The highest BCUT2D eigenvalue weighted by Gasteiger charge is 2.31. The van der Waals surface area contributed by atoms with Gasteiger partial charge in [0.05, 0.1) is 0 Å². The molecule has 17 heavy (non-hydrogen) atoms. The minimum absolute atomic E-state index is 0.610. The molecule has 0 amide bonds. The average Bonchev–Trinajstić information content (AvgIpc) is 3.05. The van der Waals surface area contributed by atoms with Crippen LogP contribution in [0.15, 0.2) is 24.3 Å². The van der Waals surface area contributed by atoms with E-state index in [-0.39, 0.29) is 0 Å². The maximum Gasteiger partial charge on any atom is 0.0236 e. The van der Waals surface area contributed by atoms with Crippen LogP contribution in [0.5, 0.6) is 0 Å². The van der Waals surface area contributed by atoms with Crippen LogP contribution in [0.25, 0.3) is 0 Å². The lowest BCUT2D eigenvalue weighted by Crippen LogP contribution is -2.43. The first-order valence-electron chi connectivity index (χ1n) is 6.84. The van der Waals surface area contributed by atoms with Crippen LogP contribution in [0, 0.1) is 11.8 Å². The molecule has 1 aromatic rings. The van der Waals surface area contributed by atoms with Crippen molar-refractivity contribution in [2.24, 2.45) is 11.8 Å². The fraction of sp³-hybridized carbons (Fsp3) is 0.600. The summed E-state index contributed by atoms with van der Waals surface area (Å²) < 4.78 is 0. The molecule has 0 spiro atoms. The van der Waals surface area contributed by atoms with Crippen molar-refractivity contribution in [2.75, 3.05) is 13.1 Å². The van der Waals surface area contributed by atoms with Crippen LogP contribution in [0.4, 0.5) is 0 Å². The van der Waals surface area contributed by atoms with E-state index in [0.29, 0.717) is 6.04 Å². The third kappa shape index (κ3) is 2.70. The van der Waals surface area contributed by atoms with E-state index in [1.54, 1.807) is 0 Å². The number of hydrogen-bond acceptors (Lipinski definition) is 2. The smallest absolute Gasteiger partial charge is 0.0236 e. The lowest BCUT2D eigenvalue weighted by atomic mass is 9.96. The van der Waals surface area contributed by atoms with Crippen molar-refractivity contribution in [1.29, 1.82) is 0 Å². The van der Waals surface area contributed by atoms with Gasteiger partial charge in [0.15, 0.2) is 0 Å². The predicted molar refractivity (Wildman–Crippen MR) is 70.9 cm³/mol. The molecule has 2 nitrogen and oxygen atoms in total. The Bertz CT molecular complexity index is 388. The molecule has 2 aliphatic rings. The SMILES string of the molecule is CC1CC1CNCC1Cc2ccccc2CN1. The molecule has 1 fully saturated rings. The van der Waals surface area contributed by atoms with E-state index in [1.807, 2.05) is 0 Å². The maximum absolute atomic E-state index is 3.62. The lowest BCUT2D eigenvalue weighted by Gasteiger charge is -2.26. The highest BCUT2D eigenvalue weighted by atomic mass is 15.0. The Morgan fingerprint density at radius 1 is 1.24 bits per heavy atom. The number of benzene rings is 1. The Kier molecular flexibility index (Phi) is 3.17. The van der Waals surface area contributed by atoms with Crippen molar-refractivity contribution in [3.8, 4) is 0 Å². The van der Waals surface area contributed by atoms with Gasteiger partial charge >= 0.3 is 0 Å². The van der Waals surface area contributed by atoms with Crippen molar-refractivity contribution in [3.05, 3.63) is 35.4 Å². The molecule has 1 aromatic carbocycles. The van der Waals surface area contributed by atoms with Gasteiger partial charge in [-0.1, -0.05) is 31.2 Å². The van der Waals surface area contributed by atoms with Crippen LogP contribution < -0.4 is 10.6 Å². The normalized spacial score (nSPS) is 31.0. The highest BCUT2D eigenvalue weighted by Crippen LogP contribution is 2.36. The average molecular weight is 230 g/mol. The summed E-state index contributed by atoms with van der Waals surface area (Å²) in [6.07, 6.45) is 2.59. The second-order valence-electron chi connectivity index (χ2n) is 5.68. The summed E-state index contributed by atoms with van der Waals surface area (Å²) in [4.78, 5) is 0. The first kappa shape index (κ1) is 11.2. The minimum Gasteiger partial charge on any atom is -0.315 e. The molecule has 0 bridgehead atoms. The molecule has 3 unspecified atom stereocenters. The molecule has 1 aliphatic carbocycles. The van der Waals surface area contributed by atoms with Gasteiger partial charge in [-0.2, -0.15) is 0 Å². The Labute approximate surface area is 104 Å². The zero-order chi connectivity index (χ0) is 11.7.